The van der Waals surface area contributed by atoms with Crippen molar-refractivity contribution < 1.29 is 9.53 Å². The van der Waals surface area contributed by atoms with Gasteiger partial charge in [-0.05, 0) is 25.0 Å². The zero-order chi connectivity index (χ0) is 11.3. The average Bonchev–Trinajstić information content (AvgIpc) is 2.26. The summed E-state index contributed by atoms with van der Waals surface area (Å²) < 4.78 is 5.23. The molecular weight excluding hydrogens is 192 g/mol. The number of nitrogens with two attached hydrogens (primary N) is 1. The third-order valence-corrected chi connectivity index (χ3v) is 2.18. The highest BCUT2D eigenvalue weighted by Crippen LogP contribution is 2.08. The first kappa shape index (κ1) is 11.5. The van der Waals surface area contributed by atoms with Crippen LogP contribution in [0.2, 0.25) is 0 Å². The molecule has 15 heavy (non-hydrogen) atoms. The summed E-state index contributed by atoms with van der Waals surface area (Å²) in [6.07, 6.45) is 3.05. The van der Waals surface area contributed by atoms with E-state index in [4.69, 9.17) is 10.5 Å². The molecule has 0 unspecified atom stereocenters. The van der Waals surface area contributed by atoms with Crippen LogP contribution in [-0.4, -0.2) is 17.1 Å². The highest BCUT2D eigenvalue weighted by Gasteiger charge is 2.13. The van der Waals surface area contributed by atoms with Crippen LogP contribution in [0.4, 0.5) is 5.69 Å². The Labute approximate surface area is 89.5 Å². The fraction of sp³-hybridized carbons (Fsp3) is 0.455. The van der Waals surface area contributed by atoms with Crippen molar-refractivity contribution in [2.45, 2.75) is 32.8 Å². The number of aromatic nitrogens is 1. The molecule has 0 aliphatic heterocycles. The number of anilines is 1. The molecule has 0 bridgehead atoms. The predicted molar refractivity (Wildman–Crippen MR) is 58.4 cm³/mol. The van der Waals surface area contributed by atoms with E-state index in [1.165, 1.54) is 6.20 Å². The maximum atomic E-state index is 11.6. The van der Waals surface area contributed by atoms with Crippen LogP contribution in [0.3, 0.4) is 0 Å². The van der Waals surface area contributed by atoms with Crippen LogP contribution in [0.5, 0.6) is 0 Å². The molecule has 2 N–H and O–H groups in total. The monoisotopic (exact) mass is 208 g/mol. The molecule has 0 amide bonds. The zero-order valence-electron chi connectivity index (χ0n) is 9.06. The van der Waals surface area contributed by atoms with E-state index in [1.54, 1.807) is 12.1 Å². The number of esters is 1. The van der Waals surface area contributed by atoms with Crippen molar-refractivity contribution in [2.75, 3.05) is 5.73 Å². The van der Waals surface area contributed by atoms with Crippen molar-refractivity contribution in [3.8, 4) is 0 Å². The van der Waals surface area contributed by atoms with Gasteiger partial charge >= 0.3 is 5.97 Å². The third kappa shape index (κ3) is 3.23. The number of carbonyl (C=O) groups excluding carboxylic acids is 1. The fourth-order valence-electron chi connectivity index (χ4n) is 1.19. The Morgan fingerprint density at radius 3 is 2.60 bits per heavy atom. The van der Waals surface area contributed by atoms with Gasteiger partial charge in [0.15, 0.2) is 0 Å². The molecule has 0 saturated heterocycles. The standard InChI is InChI=1S/C11H16N2O2/c1-3-9(4-2)15-11(14)10-6-5-8(12)7-13-10/h5-7,9H,3-4,12H2,1-2H3. The van der Waals surface area contributed by atoms with E-state index < -0.39 is 0 Å². The van der Waals surface area contributed by atoms with E-state index >= 15 is 0 Å². The Hall–Kier alpha value is -1.58. The van der Waals surface area contributed by atoms with Crippen molar-refractivity contribution in [1.82, 2.24) is 4.98 Å². The first-order valence-electron chi connectivity index (χ1n) is 5.09. The van der Waals surface area contributed by atoms with E-state index in [0.717, 1.165) is 12.8 Å². The summed E-state index contributed by atoms with van der Waals surface area (Å²) in [5.74, 6) is -0.385. The number of ether oxygens (including phenoxy) is 1. The molecular formula is C11H16N2O2. The van der Waals surface area contributed by atoms with Gasteiger partial charge in [-0.15, -0.1) is 0 Å². The lowest BCUT2D eigenvalue weighted by Gasteiger charge is -2.13. The highest BCUT2D eigenvalue weighted by molar-refractivity contribution is 5.87. The molecule has 4 heteroatoms. The van der Waals surface area contributed by atoms with Gasteiger partial charge in [-0.25, -0.2) is 9.78 Å². The number of hydrogen-bond acceptors (Lipinski definition) is 4. The molecule has 1 aromatic rings. The second-order valence-corrected chi connectivity index (χ2v) is 3.32. The van der Waals surface area contributed by atoms with Crippen molar-refractivity contribution >= 4 is 11.7 Å². The Morgan fingerprint density at radius 1 is 1.47 bits per heavy atom. The molecule has 0 atom stereocenters. The van der Waals surface area contributed by atoms with Crippen LogP contribution in [0.25, 0.3) is 0 Å². The zero-order valence-corrected chi connectivity index (χ0v) is 9.06. The highest BCUT2D eigenvalue weighted by atomic mass is 16.5. The lowest BCUT2D eigenvalue weighted by Crippen LogP contribution is -2.17. The number of nitrogens with zero attached hydrogens (tertiary/aromatic N) is 1. The van der Waals surface area contributed by atoms with Gasteiger partial charge < -0.3 is 10.5 Å². The SMILES string of the molecule is CCC(CC)OC(=O)c1ccc(N)cn1. The third-order valence-electron chi connectivity index (χ3n) is 2.18. The van der Waals surface area contributed by atoms with Crippen LogP contribution in [0.1, 0.15) is 37.2 Å². The van der Waals surface area contributed by atoms with Crippen LogP contribution in [0, 0.1) is 0 Å². The summed E-state index contributed by atoms with van der Waals surface area (Å²) in [5, 5.41) is 0. The van der Waals surface area contributed by atoms with Crippen molar-refractivity contribution in [1.29, 1.82) is 0 Å². The minimum atomic E-state index is -0.385. The van der Waals surface area contributed by atoms with Crippen LogP contribution < -0.4 is 5.73 Å². The van der Waals surface area contributed by atoms with Gasteiger partial charge in [0, 0.05) is 0 Å². The Bertz CT molecular complexity index is 318. The molecule has 0 aliphatic carbocycles. The predicted octanol–water partition coefficient (Wildman–Crippen LogP) is 2.01. The van der Waals surface area contributed by atoms with E-state index in [9.17, 15) is 4.79 Å². The first-order valence-corrected chi connectivity index (χ1v) is 5.09. The van der Waals surface area contributed by atoms with Gasteiger partial charge in [-0.3, -0.25) is 0 Å². The van der Waals surface area contributed by atoms with Gasteiger partial charge in [0.05, 0.1) is 11.9 Å². The molecule has 0 fully saturated rings. The van der Waals surface area contributed by atoms with E-state index in [1.807, 2.05) is 13.8 Å². The molecule has 4 nitrogen and oxygen atoms in total. The van der Waals surface area contributed by atoms with Crippen molar-refractivity contribution in [2.24, 2.45) is 0 Å². The lowest BCUT2D eigenvalue weighted by atomic mass is 10.2. The second-order valence-electron chi connectivity index (χ2n) is 3.32. The molecule has 82 valence electrons. The number of pyridine rings is 1. The summed E-state index contributed by atoms with van der Waals surface area (Å²) in [5.41, 5.74) is 6.30. The number of carbonyl (C=O) groups is 1. The quantitative estimate of drug-likeness (QED) is 0.769. The van der Waals surface area contributed by atoms with E-state index in [0.29, 0.717) is 11.4 Å². The summed E-state index contributed by atoms with van der Waals surface area (Å²) >= 11 is 0. The Morgan fingerprint density at radius 2 is 2.13 bits per heavy atom. The maximum Gasteiger partial charge on any atom is 0.357 e. The summed E-state index contributed by atoms with van der Waals surface area (Å²) in [7, 11) is 0. The smallest absolute Gasteiger partial charge is 0.357 e. The molecule has 0 radical (unpaired) electrons. The molecule has 0 saturated carbocycles. The summed E-state index contributed by atoms with van der Waals surface area (Å²) in [6, 6.07) is 3.20. The molecule has 0 aliphatic rings. The van der Waals surface area contributed by atoms with Crippen LogP contribution >= 0.6 is 0 Å². The Kier molecular flexibility index (Phi) is 4.09. The maximum absolute atomic E-state index is 11.6. The van der Waals surface area contributed by atoms with E-state index in [2.05, 4.69) is 4.98 Å². The van der Waals surface area contributed by atoms with Crippen LogP contribution in [-0.2, 0) is 4.74 Å². The minimum Gasteiger partial charge on any atom is -0.458 e. The Balaban J connectivity index is 2.64. The molecule has 0 spiro atoms. The largest absolute Gasteiger partial charge is 0.458 e. The second kappa shape index (κ2) is 5.34. The van der Waals surface area contributed by atoms with Crippen LogP contribution in [0.15, 0.2) is 18.3 Å². The lowest BCUT2D eigenvalue weighted by molar-refractivity contribution is 0.0277. The number of rotatable bonds is 4. The summed E-state index contributed by atoms with van der Waals surface area (Å²) in [4.78, 5) is 15.5. The minimum absolute atomic E-state index is 0.0307. The van der Waals surface area contributed by atoms with Gasteiger partial charge in [-0.1, -0.05) is 13.8 Å². The average molecular weight is 208 g/mol. The normalized spacial score (nSPS) is 10.3. The van der Waals surface area contributed by atoms with Gasteiger partial charge in [-0.2, -0.15) is 0 Å². The number of nitrogen functional groups attached to an aromatic ring is 1. The van der Waals surface area contributed by atoms with Crippen molar-refractivity contribution in [3.05, 3.63) is 24.0 Å². The fourth-order valence-corrected chi connectivity index (χ4v) is 1.19. The van der Waals surface area contributed by atoms with Crippen molar-refractivity contribution in [3.63, 3.8) is 0 Å². The van der Waals surface area contributed by atoms with Gasteiger partial charge in [0.25, 0.3) is 0 Å². The molecule has 0 aromatic carbocycles. The molecule has 1 aromatic heterocycles. The number of hydrogen-bond donors (Lipinski definition) is 1. The van der Waals surface area contributed by atoms with Gasteiger partial charge in [0.2, 0.25) is 0 Å². The summed E-state index contributed by atoms with van der Waals surface area (Å²) in [6.45, 7) is 3.97. The molecule has 1 rings (SSSR count). The topological polar surface area (TPSA) is 65.2 Å². The van der Waals surface area contributed by atoms with Gasteiger partial charge in [0.1, 0.15) is 11.8 Å². The molecule has 1 heterocycles. The van der Waals surface area contributed by atoms with E-state index in [-0.39, 0.29) is 12.1 Å². The first-order chi connectivity index (χ1) is 7.17.